The molecule has 4 nitrogen and oxygen atoms in total. The van der Waals surface area contributed by atoms with Crippen LogP contribution in [-0.2, 0) is 17.4 Å². The third-order valence-electron chi connectivity index (χ3n) is 4.54. The number of carbonyl (C=O) groups is 1. The quantitative estimate of drug-likeness (QED) is 0.876. The van der Waals surface area contributed by atoms with E-state index in [1.807, 2.05) is 4.90 Å². The molecule has 2 aromatic rings. The van der Waals surface area contributed by atoms with Gasteiger partial charge in [-0.15, -0.1) is 11.3 Å². The summed E-state index contributed by atoms with van der Waals surface area (Å²) < 4.78 is 38.6. The highest BCUT2D eigenvalue weighted by Crippen LogP contribution is 2.33. The van der Waals surface area contributed by atoms with Crippen LogP contribution in [0.25, 0.3) is 10.6 Å². The summed E-state index contributed by atoms with van der Waals surface area (Å²) in [6, 6.07) is 5.14. The van der Waals surface area contributed by atoms with Crippen molar-refractivity contribution in [3.8, 4) is 10.6 Å². The van der Waals surface area contributed by atoms with Gasteiger partial charge in [-0.05, 0) is 31.4 Å². The summed E-state index contributed by atoms with van der Waals surface area (Å²) in [5.41, 5.74) is 6.03. The van der Waals surface area contributed by atoms with Crippen molar-refractivity contribution in [2.75, 3.05) is 13.1 Å². The highest BCUT2D eigenvalue weighted by Gasteiger charge is 2.31. The smallest absolute Gasteiger partial charge is 0.338 e. The van der Waals surface area contributed by atoms with Crippen molar-refractivity contribution >= 4 is 17.2 Å². The first-order chi connectivity index (χ1) is 12.4. The Hall–Kier alpha value is -1.93. The lowest BCUT2D eigenvalue weighted by molar-refractivity contribution is -0.137. The third kappa shape index (κ3) is 4.24. The Bertz CT molecular complexity index is 775. The Labute approximate surface area is 153 Å². The summed E-state index contributed by atoms with van der Waals surface area (Å²) >= 11 is 1.24. The Morgan fingerprint density at radius 1 is 1.35 bits per heavy atom. The second kappa shape index (κ2) is 7.75. The minimum atomic E-state index is -4.39. The van der Waals surface area contributed by atoms with Crippen molar-refractivity contribution in [2.45, 2.75) is 37.9 Å². The van der Waals surface area contributed by atoms with Crippen LogP contribution in [0.2, 0.25) is 0 Å². The molecule has 1 aromatic heterocycles. The van der Waals surface area contributed by atoms with E-state index in [0.29, 0.717) is 29.4 Å². The zero-order chi connectivity index (χ0) is 18.7. The molecule has 3 rings (SSSR count). The second-order valence-electron chi connectivity index (χ2n) is 6.37. The van der Waals surface area contributed by atoms with Gasteiger partial charge in [0.2, 0.25) is 5.91 Å². The largest absolute Gasteiger partial charge is 0.416 e. The first-order valence-corrected chi connectivity index (χ1v) is 9.38. The predicted octanol–water partition coefficient (Wildman–Crippen LogP) is 3.71. The number of likely N-dealkylation sites (tertiary alicyclic amines) is 1. The Balaban J connectivity index is 1.73. The van der Waals surface area contributed by atoms with Crippen molar-refractivity contribution in [1.82, 2.24) is 9.88 Å². The molecule has 1 saturated heterocycles. The zero-order valence-electron chi connectivity index (χ0n) is 14.1. The lowest BCUT2D eigenvalue weighted by atomic mass is 10.0. The standard InChI is InChI=1S/C18H20F3N3OS/c19-18(20,21)13-5-3-4-12(8-13)17-23-14(11-26-17)9-16(25)24-7-2-1-6-15(24)10-22/h3-5,8,11,15H,1-2,6-7,9-10,22H2. The molecule has 0 radical (unpaired) electrons. The number of thiazole rings is 1. The van der Waals surface area contributed by atoms with Gasteiger partial charge in [-0.3, -0.25) is 4.79 Å². The molecule has 1 aliphatic rings. The summed E-state index contributed by atoms with van der Waals surface area (Å²) in [5, 5.41) is 2.21. The molecule has 0 spiro atoms. The summed E-state index contributed by atoms with van der Waals surface area (Å²) in [6.45, 7) is 1.14. The van der Waals surface area contributed by atoms with Crippen molar-refractivity contribution in [3.63, 3.8) is 0 Å². The van der Waals surface area contributed by atoms with Gasteiger partial charge in [0.15, 0.2) is 0 Å². The molecule has 1 unspecified atom stereocenters. The maximum absolute atomic E-state index is 12.9. The third-order valence-corrected chi connectivity index (χ3v) is 5.48. The van der Waals surface area contributed by atoms with Gasteiger partial charge in [-0.2, -0.15) is 13.2 Å². The van der Waals surface area contributed by atoms with Crippen LogP contribution in [0.1, 0.15) is 30.5 Å². The first kappa shape index (κ1) is 18.8. The number of carbonyl (C=O) groups excluding carboxylic acids is 1. The average molecular weight is 383 g/mol. The number of nitrogens with zero attached hydrogens (tertiary/aromatic N) is 2. The van der Waals surface area contributed by atoms with Gasteiger partial charge >= 0.3 is 6.18 Å². The molecule has 0 aliphatic carbocycles. The van der Waals surface area contributed by atoms with Crippen LogP contribution >= 0.6 is 11.3 Å². The highest BCUT2D eigenvalue weighted by atomic mass is 32.1. The van der Waals surface area contributed by atoms with Gasteiger partial charge in [-0.1, -0.05) is 12.1 Å². The van der Waals surface area contributed by atoms with E-state index in [9.17, 15) is 18.0 Å². The molecule has 1 aromatic carbocycles. The van der Waals surface area contributed by atoms with Gasteiger partial charge in [0.05, 0.1) is 17.7 Å². The van der Waals surface area contributed by atoms with E-state index in [2.05, 4.69) is 4.98 Å². The van der Waals surface area contributed by atoms with Gasteiger partial charge in [0.25, 0.3) is 0 Å². The molecule has 2 heterocycles. The zero-order valence-corrected chi connectivity index (χ0v) is 14.9. The number of hydrogen-bond donors (Lipinski definition) is 1. The van der Waals surface area contributed by atoms with Crippen LogP contribution in [0.5, 0.6) is 0 Å². The summed E-state index contributed by atoms with van der Waals surface area (Å²) in [4.78, 5) is 18.7. The number of benzene rings is 1. The number of rotatable bonds is 4. The topological polar surface area (TPSA) is 59.2 Å². The summed E-state index contributed by atoms with van der Waals surface area (Å²) in [5.74, 6) is -0.0268. The lowest BCUT2D eigenvalue weighted by Gasteiger charge is -2.35. The van der Waals surface area contributed by atoms with Gasteiger partial charge < -0.3 is 10.6 Å². The number of alkyl halides is 3. The van der Waals surface area contributed by atoms with Crippen molar-refractivity contribution < 1.29 is 18.0 Å². The fourth-order valence-corrected chi connectivity index (χ4v) is 4.00. The van der Waals surface area contributed by atoms with Crippen LogP contribution in [0.4, 0.5) is 13.2 Å². The van der Waals surface area contributed by atoms with Gasteiger partial charge in [0.1, 0.15) is 5.01 Å². The minimum absolute atomic E-state index is 0.0268. The average Bonchev–Trinajstić information content (AvgIpc) is 3.09. The molecule has 8 heteroatoms. The fraction of sp³-hybridized carbons (Fsp3) is 0.444. The number of hydrogen-bond acceptors (Lipinski definition) is 4. The molecule has 0 bridgehead atoms. The number of halogens is 3. The number of nitrogens with two attached hydrogens (primary N) is 1. The lowest BCUT2D eigenvalue weighted by Crippen LogP contribution is -2.48. The van der Waals surface area contributed by atoms with Crippen LogP contribution in [-0.4, -0.2) is 34.9 Å². The molecular formula is C18H20F3N3OS. The van der Waals surface area contributed by atoms with Crippen LogP contribution in [0, 0.1) is 0 Å². The van der Waals surface area contributed by atoms with Gasteiger partial charge in [0, 0.05) is 30.1 Å². The van der Waals surface area contributed by atoms with E-state index in [1.165, 1.54) is 17.4 Å². The second-order valence-corrected chi connectivity index (χ2v) is 7.23. The Kier molecular flexibility index (Phi) is 5.62. The van der Waals surface area contributed by atoms with E-state index in [4.69, 9.17) is 5.73 Å². The molecule has 0 saturated carbocycles. The van der Waals surface area contributed by atoms with Crippen molar-refractivity contribution in [1.29, 1.82) is 0 Å². The first-order valence-electron chi connectivity index (χ1n) is 8.50. The fourth-order valence-electron chi connectivity index (χ4n) is 3.18. The van der Waals surface area contributed by atoms with E-state index in [1.54, 1.807) is 11.4 Å². The summed E-state index contributed by atoms with van der Waals surface area (Å²) in [7, 11) is 0. The highest BCUT2D eigenvalue weighted by molar-refractivity contribution is 7.13. The van der Waals surface area contributed by atoms with E-state index in [0.717, 1.165) is 31.4 Å². The predicted molar refractivity (Wildman–Crippen MR) is 94.7 cm³/mol. The number of aromatic nitrogens is 1. The Morgan fingerprint density at radius 2 is 2.15 bits per heavy atom. The normalized spacial score (nSPS) is 18.2. The maximum atomic E-state index is 12.9. The molecule has 1 fully saturated rings. The molecule has 1 amide bonds. The van der Waals surface area contributed by atoms with Crippen LogP contribution in [0.3, 0.4) is 0 Å². The van der Waals surface area contributed by atoms with E-state index < -0.39 is 11.7 Å². The van der Waals surface area contributed by atoms with Crippen LogP contribution < -0.4 is 5.73 Å². The van der Waals surface area contributed by atoms with E-state index >= 15 is 0 Å². The molecule has 26 heavy (non-hydrogen) atoms. The SMILES string of the molecule is NCC1CCCCN1C(=O)Cc1csc(-c2cccc(C(F)(F)F)c2)n1. The van der Waals surface area contributed by atoms with E-state index in [-0.39, 0.29) is 18.4 Å². The molecular weight excluding hydrogens is 363 g/mol. The number of piperidine rings is 1. The summed E-state index contributed by atoms with van der Waals surface area (Å²) in [6.07, 6.45) is -1.30. The Morgan fingerprint density at radius 3 is 2.88 bits per heavy atom. The van der Waals surface area contributed by atoms with Crippen molar-refractivity contribution in [3.05, 3.63) is 40.9 Å². The number of amides is 1. The van der Waals surface area contributed by atoms with Gasteiger partial charge in [-0.25, -0.2) is 4.98 Å². The monoisotopic (exact) mass is 383 g/mol. The van der Waals surface area contributed by atoms with Crippen molar-refractivity contribution in [2.24, 2.45) is 5.73 Å². The molecule has 140 valence electrons. The molecule has 1 aliphatic heterocycles. The maximum Gasteiger partial charge on any atom is 0.416 e. The minimum Gasteiger partial charge on any atom is -0.338 e. The molecule has 2 N–H and O–H groups in total. The molecule has 1 atom stereocenters. The van der Waals surface area contributed by atoms with Crippen LogP contribution in [0.15, 0.2) is 29.6 Å².